The van der Waals surface area contributed by atoms with Gasteiger partial charge in [-0.25, -0.2) is 14.0 Å². The normalized spacial score (nSPS) is 10.7. The molecule has 0 saturated heterocycles. The molecule has 1 aromatic heterocycles. The Labute approximate surface area is 129 Å². The van der Waals surface area contributed by atoms with Crippen molar-refractivity contribution < 1.29 is 23.4 Å². The Bertz CT molecular complexity index is 928. The average Bonchev–Trinajstić information content (AvgIpc) is 2.53. The maximum atomic E-state index is 13.0. The van der Waals surface area contributed by atoms with E-state index in [4.69, 9.17) is 14.3 Å². The Morgan fingerprint density at radius 3 is 2.57 bits per heavy atom. The molecule has 3 aromatic rings. The summed E-state index contributed by atoms with van der Waals surface area (Å²) in [6, 6.07) is 11.9. The third kappa shape index (κ3) is 3.21. The first-order valence-corrected chi connectivity index (χ1v) is 6.71. The third-order valence-corrected chi connectivity index (χ3v) is 3.22. The topological polar surface area (TPSA) is 76.7 Å². The Kier molecular flexibility index (Phi) is 3.80. The van der Waals surface area contributed by atoms with Crippen LogP contribution in [-0.2, 0) is 4.79 Å². The zero-order chi connectivity index (χ0) is 16.4. The molecule has 0 amide bonds. The summed E-state index contributed by atoms with van der Waals surface area (Å²) in [5, 5.41) is 9.23. The molecule has 0 spiro atoms. The van der Waals surface area contributed by atoms with Crippen molar-refractivity contribution in [3.63, 3.8) is 0 Å². The summed E-state index contributed by atoms with van der Waals surface area (Å²) < 4.78 is 23.3. The third-order valence-electron chi connectivity index (χ3n) is 3.22. The Hall–Kier alpha value is -3.15. The smallest absolute Gasteiger partial charge is 0.344 e. The molecule has 1 heterocycles. The molecule has 0 unspecified atom stereocenters. The number of aliphatic carboxylic acids is 1. The van der Waals surface area contributed by atoms with Gasteiger partial charge in [-0.2, -0.15) is 0 Å². The summed E-state index contributed by atoms with van der Waals surface area (Å²) in [6.45, 7) is -0.483. The van der Waals surface area contributed by atoms with Crippen molar-refractivity contribution in [3.8, 4) is 16.9 Å². The Morgan fingerprint density at radius 1 is 1.13 bits per heavy atom. The first-order chi connectivity index (χ1) is 11.0. The van der Waals surface area contributed by atoms with Crippen molar-refractivity contribution in [2.24, 2.45) is 0 Å². The molecule has 23 heavy (non-hydrogen) atoms. The van der Waals surface area contributed by atoms with E-state index in [1.54, 1.807) is 18.2 Å². The number of carboxylic acid groups (broad SMARTS) is 1. The lowest BCUT2D eigenvalue weighted by Crippen LogP contribution is -2.09. The molecule has 116 valence electrons. The fourth-order valence-corrected chi connectivity index (χ4v) is 2.16. The average molecular weight is 314 g/mol. The van der Waals surface area contributed by atoms with Gasteiger partial charge in [0.15, 0.2) is 6.61 Å². The summed E-state index contributed by atoms with van der Waals surface area (Å²) in [7, 11) is 0. The maximum Gasteiger partial charge on any atom is 0.344 e. The molecule has 0 bridgehead atoms. The second kappa shape index (κ2) is 5.92. The van der Waals surface area contributed by atoms with Gasteiger partial charge >= 0.3 is 11.6 Å². The van der Waals surface area contributed by atoms with Crippen LogP contribution in [0.2, 0.25) is 0 Å². The van der Waals surface area contributed by atoms with E-state index in [0.717, 1.165) is 0 Å². The first-order valence-electron chi connectivity index (χ1n) is 6.71. The van der Waals surface area contributed by atoms with E-state index in [0.29, 0.717) is 16.5 Å². The number of ether oxygens (including phenoxy) is 1. The molecule has 3 rings (SSSR count). The van der Waals surface area contributed by atoms with Crippen molar-refractivity contribution in [2.75, 3.05) is 6.61 Å². The van der Waals surface area contributed by atoms with Crippen molar-refractivity contribution >= 4 is 16.9 Å². The lowest BCUT2D eigenvalue weighted by molar-refractivity contribution is -0.139. The van der Waals surface area contributed by atoms with E-state index in [1.807, 2.05) is 0 Å². The fourth-order valence-electron chi connectivity index (χ4n) is 2.16. The van der Waals surface area contributed by atoms with E-state index in [1.165, 1.54) is 30.3 Å². The molecule has 2 aromatic carbocycles. The highest BCUT2D eigenvalue weighted by molar-refractivity contribution is 5.82. The van der Waals surface area contributed by atoms with Crippen LogP contribution in [0.15, 0.2) is 57.7 Å². The molecule has 0 saturated carbocycles. The molecule has 5 nitrogen and oxygen atoms in total. The van der Waals surface area contributed by atoms with Gasteiger partial charge in [0, 0.05) is 11.5 Å². The highest BCUT2D eigenvalue weighted by Crippen LogP contribution is 2.24. The molecule has 6 heteroatoms. The highest BCUT2D eigenvalue weighted by atomic mass is 19.1. The van der Waals surface area contributed by atoms with Crippen LogP contribution in [0, 0.1) is 5.82 Å². The van der Waals surface area contributed by atoms with Crippen LogP contribution in [0.4, 0.5) is 4.39 Å². The van der Waals surface area contributed by atoms with Crippen molar-refractivity contribution in [1.82, 2.24) is 0 Å². The van der Waals surface area contributed by atoms with Crippen LogP contribution in [-0.4, -0.2) is 17.7 Å². The molecular formula is C17H11FO5. The van der Waals surface area contributed by atoms with Crippen LogP contribution in [0.5, 0.6) is 5.75 Å². The zero-order valence-corrected chi connectivity index (χ0v) is 11.8. The van der Waals surface area contributed by atoms with Gasteiger partial charge in [0.25, 0.3) is 0 Å². The minimum absolute atomic E-state index is 0.281. The second-order valence-corrected chi connectivity index (χ2v) is 4.84. The quantitative estimate of drug-likeness (QED) is 0.749. The van der Waals surface area contributed by atoms with Crippen molar-refractivity contribution in [3.05, 3.63) is 64.8 Å². The van der Waals surface area contributed by atoms with Crippen LogP contribution < -0.4 is 10.4 Å². The number of halogens is 1. The van der Waals surface area contributed by atoms with Crippen LogP contribution in [0.3, 0.4) is 0 Å². The molecule has 0 atom stereocenters. The van der Waals surface area contributed by atoms with E-state index in [9.17, 15) is 14.0 Å². The van der Waals surface area contributed by atoms with Gasteiger partial charge in [0.2, 0.25) is 0 Å². The van der Waals surface area contributed by atoms with Crippen molar-refractivity contribution in [2.45, 2.75) is 0 Å². The van der Waals surface area contributed by atoms with Crippen LogP contribution in [0.25, 0.3) is 22.1 Å². The van der Waals surface area contributed by atoms with Gasteiger partial charge in [0.05, 0.1) is 5.56 Å². The molecule has 0 fully saturated rings. The lowest BCUT2D eigenvalue weighted by atomic mass is 10.1. The minimum atomic E-state index is -1.10. The number of fused-ring (bicyclic) bond motifs is 1. The van der Waals surface area contributed by atoms with E-state index in [-0.39, 0.29) is 17.1 Å². The van der Waals surface area contributed by atoms with E-state index < -0.39 is 18.2 Å². The van der Waals surface area contributed by atoms with Gasteiger partial charge in [-0.15, -0.1) is 0 Å². The molecule has 0 aliphatic heterocycles. The summed E-state index contributed by atoms with van der Waals surface area (Å²) in [5.41, 5.74) is 0.577. The SMILES string of the molecule is O=C(O)COc1ccc2cc(-c3ccc(F)cc3)c(=O)oc2c1. The maximum absolute atomic E-state index is 13.0. The minimum Gasteiger partial charge on any atom is -0.482 e. The van der Waals surface area contributed by atoms with Crippen molar-refractivity contribution in [1.29, 1.82) is 0 Å². The fraction of sp³-hybridized carbons (Fsp3) is 0.0588. The lowest BCUT2D eigenvalue weighted by Gasteiger charge is -2.06. The number of hydrogen-bond donors (Lipinski definition) is 1. The van der Waals surface area contributed by atoms with Gasteiger partial charge in [0.1, 0.15) is 17.1 Å². The number of carbonyl (C=O) groups is 1. The van der Waals surface area contributed by atoms with Gasteiger partial charge in [-0.05, 0) is 35.9 Å². The predicted molar refractivity (Wildman–Crippen MR) is 81.0 cm³/mol. The predicted octanol–water partition coefficient (Wildman–Crippen LogP) is 3.06. The summed E-state index contributed by atoms with van der Waals surface area (Å²) in [6.07, 6.45) is 0. The molecule has 1 N–H and O–H groups in total. The molecule has 0 aliphatic rings. The first kappa shape index (κ1) is 14.8. The van der Waals surface area contributed by atoms with Crippen LogP contribution >= 0.6 is 0 Å². The monoisotopic (exact) mass is 314 g/mol. The Balaban J connectivity index is 2.02. The summed E-state index contributed by atoms with van der Waals surface area (Å²) >= 11 is 0. The molecular weight excluding hydrogens is 303 g/mol. The molecule has 0 aliphatic carbocycles. The number of benzene rings is 2. The zero-order valence-electron chi connectivity index (χ0n) is 11.8. The van der Waals surface area contributed by atoms with E-state index >= 15 is 0 Å². The molecule has 0 radical (unpaired) electrons. The summed E-state index contributed by atoms with van der Waals surface area (Å²) in [4.78, 5) is 22.6. The number of hydrogen-bond acceptors (Lipinski definition) is 4. The number of rotatable bonds is 4. The standard InChI is InChI=1S/C17H11FO5/c18-12-4-1-10(2-5-12)14-7-11-3-6-13(22-9-16(19)20)8-15(11)23-17(14)21/h1-8H,9H2,(H,19,20). The second-order valence-electron chi connectivity index (χ2n) is 4.84. The van der Waals surface area contributed by atoms with Crippen LogP contribution in [0.1, 0.15) is 0 Å². The van der Waals surface area contributed by atoms with E-state index in [2.05, 4.69) is 0 Å². The van der Waals surface area contributed by atoms with Gasteiger partial charge < -0.3 is 14.3 Å². The van der Waals surface area contributed by atoms with Gasteiger partial charge in [-0.1, -0.05) is 12.1 Å². The van der Waals surface area contributed by atoms with Gasteiger partial charge in [-0.3, -0.25) is 0 Å². The Morgan fingerprint density at radius 2 is 1.87 bits per heavy atom. The highest BCUT2D eigenvalue weighted by Gasteiger charge is 2.09. The summed E-state index contributed by atoms with van der Waals surface area (Å²) in [5.74, 6) is -1.20. The largest absolute Gasteiger partial charge is 0.482 e. The number of carboxylic acids is 1.